The number of hydrogen-bond donors (Lipinski definition) is 1. The van der Waals surface area contributed by atoms with Gasteiger partial charge in [0.2, 0.25) is 0 Å². The Balaban J connectivity index is 2.34. The molecular weight excluding hydrogens is 196 g/mol. The molecule has 82 valence electrons. The maximum absolute atomic E-state index is 10.8. The summed E-state index contributed by atoms with van der Waals surface area (Å²) in [5.74, 6) is 0.331. The molecule has 1 rings (SSSR count). The van der Waals surface area contributed by atoms with Crippen molar-refractivity contribution in [2.24, 2.45) is 5.73 Å². The molecule has 15 heavy (non-hydrogen) atoms. The zero-order valence-electron chi connectivity index (χ0n) is 8.60. The van der Waals surface area contributed by atoms with Gasteiger partial charge >= 0.3 is 5.97 Å². The van der Waals surface area contributed by atoms with Crippen molar-refractivity contribution in [2.75, 3.05) is 13.7 Å². The predicted octanol–water partition coefficient (Wildman–Crippen LogP) is 0.482. The van der Waals surface area contributed by atoms with E-state index in [-0.39, 0.29) is 19.0 Å². The summed E-state index contributed by atoms with van der Waals surface area (Å²) in [4.78, 5) is 14.8. The van der Waals surface area contributed by atoms with Crippen molar-refractivity contribution in [3.8, 4) is 5.75 Å². The summed E-state index contributed by atoms with van der Waals surface area (Å²) in [6, 6.07) is 3.56. The molecule has 0 aromatic carbocycles. The fourth-order valence-corrected chi connectivity index (χ4v) is 0.971. The Morgan fingerprint density at radius 2 is 2.33 bits per heavy atom. The highest BCUT2D eigenvalue weighted by Gasteiger charge is 2.00. The molecule has 0 radical (unpaired) electrons. The lowest BCUT2D eigenvalue weighted by Gasteiger charge is -2.05. The second-order valence-electron chi connectivity index (χ2n) is 2.86. The van der Waals surface area contributed by atoms with E-state index in [4.69, 9.17) is 10.5 Å². The van der Waals surface area contributed by atoms with E-state index in [1.165, 1.54) is 7.11 Å². The molecule has 0 aliphatic heterocycles. The van der Waals surface area contributed by atoms with Gasteiger partial charge in [-0.05, 0) is 12.1 Å². The van der Waals surface area contributed by atoms with Gasteiger partial charge in [-0.2, -0.15) is 0 Å². The molecule has 0 saturated heterocycles. The van der Waals surface area contributed by atoms with E-state index < -0.39 is 0 Å². The number of ether oxygens (including phenoxy) is 2. The van der Waals surface area contributed by atoms with Crippen LogP contribution < -0.4 is 10.5 Å². The molecule has 0 fully saturated rings. The number of carbonyl (C=O) groups excluding carboxylic acids is 1. The largest absolute Gasteiger partial charge is 0.491 e. The van der Waals surface area contributed by atoms with Gasteiger partial charge in [-0.15, -0.1) is 0 Å². The molecule has 1 aromatic rings. The number of rotatable bonds is 5. The van der Waals surface area contributed by atoms with E-state index in [2.05, 4.69) is 9.72 Å². The monoisotopic (exact) mass is 210 g/mol. The average molecular weight is 210 g/mol. The quantitative estimate of drug-likeness (QED) is 0.715. The number of nitrogens with zero attached hydrogens (tertiary/aromatic N) is 1. The second-order valence-corrected chi connectivity index (χ2v) is 2.86. The smallest absolute Gasteiger partial charge is 0.308 e. The van der Waals surface area contributed by atoms with Crippen LogP contribution in [0.15, 0.2) is 18.3 Å². The molecule has 0 amide bonds. The Kier molecular flexibility index (Phi) is 4.56. The average Bonchev–Trinajstić information content (AvgIpc) is 2.29. The van der Waals surface area contributed by atoms with E-state index >= 15 is 0 Å². The van der Waals surface area contributed by atoms with Gasteiger partial charge in [0.1, 0.15) is 5.75 Å². The van der Waals surface area contributed by atoms with Crippen molar-refractivity contribution in [1.29, 1.82) is 0 Å². The highest BCUT2D eigenvalue weighted by Crippen LogP contribution is 2.08. The molecule has 1 aromatic heterocycles. The number of aromatic nitrogens is 1. The first-order chi connectivity index (χ1) is 7.26. The van der Waals surface area contributed by atoms with Gasteiger partial charge < -0.3 is 15.2 Å². The molecule has 0 atom stereocenters. The Morgan fingerprint density at radius 1 is 1.53 bits per heavy atom. The molecule has 5 heteroatoms. The Labute approximate surface area is 88.2 Å². The summed E-state index contributed by atoms with van der Waals surface area (Å²) in [5, 5.41) is 0. The van der Waals surface area contributed by atoms with E-state index in [1.807, 2.05) is 0 Å². The third-order valence-corrected chi connectivity index (χ3v) is 1.81. The third kappa shape index (κ3) is 3.95. The summed E-state index contributed by atoms with van der Waals surface area (Å²) in [7, 11) is 1.35. The van der Waals surface area contributed by atoms with Crippen molar-refractivity contribution in [3.63, 3.8) is 0 Å². The third-order valence-electron chi connectivity index (χ3n) is 1.81. The SMILES string of the molecule is COC(=O)CCOc1ccc(CN)nc1. The normalized spacial score (nSPS) is 9.73. The first kappa shape index (κ1) is 11.5. The molecule has 0 aliphatic carbocycles. The Bertz CT molecular complexity index is 311. The molecule has 1 heterocycles. The molecule has 2 N–H and O–H groups in total. The standard InChI is InChI=1S/C10H14N2O3/c1-14-10(13)4-5-15-9-3-2-8(6-11)12-7-9/h2-3,7H,4-6,11H2,1H3. The van der Waals surface area contributed by atoms with Gasteiger partial charge in [0.25, 0.3) is 0 Å². The van der Waals surface area contributed by atoms with Crippen LogP contribution in [0.4, 0.5) is 0 Å². The molecule has 0 saturated carbocycles. The van der Waals surface area contributed by atoms with Crippen LogP contribution in [0.2, 0.25) is 0 Å². The van der Waals surface area contributed by atoms with Crippen LogP contribution in [-0.2, 0) is 16.1 Å². The molecule has 0 bridgehead atoms. The van der Waals surface area contributed by atoms with Gasteiger partial charge in [0.05, 0.1) is 32.0 Å². The number of nitrogens with two attached hydrogens (primary N) is 1. The summed E-state index contributed by atoms with van der Waals surface area (Å²) >= 11 is 0. The summed E-state index contributed by atoms with van der Waals surface area (Å²) in [6.45, 7) is 0.693. The topological polar surface area (TPSA) is 74.4 Å². The van der Waals surface area contributed by atoms with Crippen LogP contribution in [0.3, 0.4) is 0 Å². The number of methoxy groups -OCH3 is 1. The summed E-state index contributed by atoms with van der Waals surface area (Å²) in [6.07, 6.45) is 1.81. The molecule has 0 aliphatic rings. The minimum atomic E-state index is -0.290. The Hall–Kier alpha value is -1.62. The first-order valence-electron chi connectivity index (χ1n) is 4.61. The van der Waals surface area contributed by atoms with Crippen LogP contribution in [0.5, 0.6) is 5.75 Å². The van der Waals surface area contributed by atoms with Crippen LogP contribution in [-0.4, -0.2) is 24.7 Å². The molecule has 5 nitrogen and oxygen atoms in total. The zero-order chi connectivity index (χ0) is 11.1. The van der Waals surface area contributed by atoms with Crippen molar-refractivity contribution in [3.05, 3.63) is 24.0 Å². The van der Waals surface area contributed by atoms with Crippen LogP contribution in [0.1, 0.15) is 12.1 Å². The minimum Gasteiger partial charge on any atom is -0.491 e. The van der Waals surface area contributed by atoms with Gasteiger partial charge in [-0.1, -0.05) is 0 Å². The van der Waals surface area contributed by atoms with Crippen molar-refractivity contribution < 1.29 is 14.3 Å². The van der Waals surface area contributed by atoms with Gasteiger partial charge in [0, 0.05) is 6.54 Å². The Morgan fingerprint density at radius 3 is 2.87 bits per heavy atom. The maximum atomic E-state index is 10.8. The zero-order valence-corrected chi connectivity index (χ0v) is 8.60. The maximum Gasteiger partial charge on any atom is 0.308 e. The fraction of sp³-hybridized carbons (Fsp3) is 0.400. The van der Waals surface area contributed by atoms with Gasteiger partial charge in [-0.25, -0.2) is 0 Å². The second kappa shape index (κ2) is 5.98. The molecule has 0 spiro atoms. The molecular formula is C10H14N2O3. The minimum absolute atomic E-state index is 0.231. The molecule has 0 unspecified atom stereocenters. The van der Waals surface area contributed by atoms with Crippen LogP contribution in [0.25, 0.3) is 0 Å². The number of esters is 1. The lowest BCUT2D eigenvalue weighted by atomic mass is 10.3. The summed E-state index contributed by atoms with van der Waals surface area (Å²) < 4.78 is 9.75. The van der Waals surface area contributed by atoms with Crippen molar-refractivity contribution >= 4 is 5.97 Å². The van der Waals surface area contributed by atoms with Gasteiger partial charge in [-0.3, -0.25) is 9.78 Å². The van der Waals surface area contributed by atoms with E-state index in [0.29, 0.717) is 12.3 Å². The number of hydrogen-bond acceptors (Lipinski definition) is 5. The van der Waals surface area contributed by atoms with Crippen molar-refractivity contribution in [1.82, 2.24) is 4.98 Å². The lowest BCUT2D eigenvalue weighted by molar-refractivity contribution is -0.141. The van der Waals surface area contributed by atoms with Crippen LogP contribution in [0, 0.1) is 0 Å². The fourth-order valence-electron chi connectivity index (χ4n) is 0.971. The van der Waals surface area contributed by atoms with E-state index in [9.17, 15) is 4.79 Å². The number of pyridine rings is 1. The van der Waals surface area contributed by atoms with Crippen molar-refractivity contribution in [2.45, 2.75) is 13.0 Å². The lowest BCUT2D eigenvalue weighted by Crippen LogP contribution is -2.07. The predicted molar refractivity (Wildman–Crippen MR) is 54.3 cm³/mol. The highest BCUT2D eigenvalue weighted by molar-refractivity contribution is 5.69. The highest BCUT2D eigenvalue weighted by atomic mass is 16.5. The van der Waals surface area contributed by atoms with Crippen LogP contribution >= 0.6 is 0 Å². The van der Waals surface area contributed by atoms with E-state index in [0.717, 1.165) is 5.69 Å². The summed E-state index contributed by atoms with van der Waals surface area (Å²) in [5.41, 5.74) is 6.19. The van der Waals surface area contributed by atoms with E-state index in [1.54, 1.807) is 18.3 Å². The number of carbonyl (C=O) groups is 1. The van der Waals surface area contributed by atoms with Gasteiger partial charge in [0.15, 0.2) is 0 Å². The first-order valence-corrected chi connectivity index (χ1v) is 4.61.